The maximum absolute atomic E-state index is 15.0. The average molecular weight is 576 g/mol. The number of aromatic hydroxyl groups is 1. The number of hydrogen-bond donors (Lipinski definition) is 2. The van der Waals surface area contributed by atoms with E-state index in [2.05, 4.69) is 5.43 Å². The van der Waals surface area contributed by atoms with Gasteiger partial charge in [0.2, 0.25) is 11.8 Å². The number of nitrogens with one attached hydrogen (secondary N) is 1. The number of carbonyl (C=O) groups is 4. The fourth-order valence-electron chi connectivity index (χ4n) is 8.16. The van der Waals surface area contributed by atoms with Gasteiger partial charge in [0.15, 0.2) is 0 Å². The zero-order chi connectivity index (χ0) is 30.2. The molecule has 2 aliphatic carbocycles. The Morgan fingerprint density at radius 3 is 2.28 bits per heavy atom. The van der Waals surface area contributed by atoms with Crippen LogP contribution >= 0.6 is 0 Å². The molecule has 0 unspecified atom stereocenters. The molecule has 0 radical (unpaired) electrons. The normalized spacial score (nSPS) is 29.7. The molecule has 8 heteroatoms. The van der Waals surface area contributed by atoms with Gasteiger partial charge in [-0.05, 0) is 55.9 Å². The summed E-state index contributed by atoms with van der Waals surface area (Å²) >= 11 is 0. The summed E-state index contributed by atoms with van der Waals surface area (Å²) in [7, 11) is 1.51. The molecular weight excluding hydrogens is 542 g/mol. The number of carbonyl (C=O) groups excluding carboxylic acids is 4. The van der Waals surface area contributed by atoms with E-state index < -0.39 is 46.8 Å². The lowest BCUT2D eigenvalue weighted by Gasteiger charge is -2.50. The van der Waals surface area contributed by atoms with Crippen molar-refractivity contribution in [3.8, 4) is 5.75 Å². The summed E-state index contributed by atoms with van der Waals surface area (Å²) < 4.78 is 0. The highest BCUT2D eigenvalue weighted by atomic mass is 16.3. The second kappa shape index (κ2) is 9.66. The first-order valence-corrected chi connectivity index (χ1v) is 14.7. The Bertz CT molecular complexity index is 1710. The van der Waals surface area contributed by atoms with Crippen LogP contribution in [0.1, 0.15) is 41.0 Å². The van der Waals surface area contributed by atoms with Gasteiger partial charge in [0.1, 0.15) is 5.75 Å². The van der Waals surface area contributed by atoms with Crippen LogP contribution in [0, 0.1) is 37.5 Å². The van der Waals surface area contributed by atoms with E-state index in [0.717, 1.165) is 16.1 Å². The number of allylic oxidation sites excluding steroid dienone is 2. The molecule has 6 atom stereocenters. The maximum Gasteiger partial charge on any atom is 0.260 e. The van der Waals surface area contributed by atoms with Crippen LogP contribution in [-0.4, -0.2) is 45.7 Å². The second-order valence-electron chi connectivity index (χ2n) is 12.3. The molecule has 2 aliphatic heterocycles. The SMILES string of the molecule is Cc1ccc(NN2C(=O)[C@@H]3C[C@@H]4C(=CC[C@@H]5C(=O)N(C)C(=O)[C@@H]54)[C@H](c4cccc(C)c4O)[C@]3(c3ccccc3)C2=O)cc1. The molecule has 0 bridgehead atoms. The molecule has 4 aliphatic rings. The molecule has 0 spiro atoms. The van der Waals surface area contributed by atoms with Crippen molar-refractivity contribution in [1.29, 1.82) is 0 Å². The molecule has 2 saturated heterocycles. The molecule has 1 saturated carbocycles. The van der Waals surface area contributed by atoms with Crippen molar-refractivity contribution in [2.45, 2.75) is 38.0 Å². The molecule has 218 valence electrons. The fourth-order valence-corrected chi connectivity index (χ4v) is 8.16. The topological polar surface area (TPSA) is 107 Å². The summed E-state index contributed by atoms with van der Waals surface area (Å²) in [5.74, 6) is -4.36. The van der Waals surface area contributed by atoms with Crippen molar-refractivity contribution in [2.75, 3.05) is 12.5 Å². The van der Waals surface area contributed by atoms with E-state index in [9.17, 15) is 24.3 Å². The van der Waals surface area contributed by atoms with Crippen molar-refractivity contribution in [3.63, 3.8) is 0 Å². The summed E-state index contributed by atoms with van der Waals surface area (Å²) in [5.41, 5.74) is 6.01. The minimum Gasteiger partial charge on any atom is -0.507 e. The highest BCUT2D eigenvalue weighted by Gasteiger charge is 2.70. The van der Waals surface area contributed by atoms with E-state index in [1.807, 2.05) is 79.7 Å². The molecule has 3 aromatic rings. The lowest BCUT2D eigenvalue weighted by atomic mass is 9.49. The lowest BCUT2D eigenvalue weighted by molar-refractivity contribution is -0.140. The van der Waals surface area contributed by atoms with Crippen LogP contribution in [0.3, 0.4) is 0 Å². The molecule has 3 fully saturated rings. The summed E-state index contributed by atoms with van der Waals surface area (Å²) in [4.78, 5) is 57.3. The average Bonchev–Trinajstić information content (AvgIpc) is 3.37. The van der Waals surface area contributed by atoms with Crippen molar-refractivity contribution >= 4 is 29.3 Å². The number of likely N-dealkylation sites (tertiary alicyclic amines) is 1. The summed E-state index contributed by atoms with van der Waals surface area (Å²) in [6, 6.07) is 22.2. The number of hydrogen-bond acceptors (Lipinski definition) is 6. The van der Waals surface area contributed by atoms with Gasteiger partial charge in [-0.15, -0.1) is 0 Å². The van der Waals surface area contributed by atoms with Gasteiger partial charge in [-0.3, -0.25) is 29.5 Å². The highest BCUT2D eigenvalue weighted by Crippen LogP contribution is 2.64. The Morgan fingerprint density at radius 2 is 1.56 bits per heavy atom. The number of anilines is 1. The van der Waals surface area contributed by atoms with E-state index in [1.165, 1.54) is 11.9 Å². The maximum atomic E-state index is 15.0. The number of hydrazine groups is 1. The Kier molecular flexibility index (Phi) is 6.09. The van der Waals surface area contributed by atoms with Crippen LogP contribution in [0.5, 0.6) is 5.75 Å². The number of rotatable bonds is 4. The summed E-state index contributed by atoms with van der Waals surface area (Å²) in [6.07, 6.45) is 2.59. The zero-order valence-electron chi connectivity index (χ0n) is 24.3. The number of phenols is 1. The number of phenolic OH excluding ortho intramolecular Hbond substituents is 1. The van der Waals surface area contributed by atoms with Gasteiger partial charge < -0.3 is 5.11 Å². The van der Waals surface area contributed by atoms with Gasteiger partial charge in [0.05, 0.1) is 28.9 Å². The predicted octanol–water partition coefficient (Wildman–Crippen LogP) is 4.62. The second-order valence-corrected chi connectivity index (χ2v) is 12.3. The molecule has 43 heavy (non-hydrogen) atoms. The number of para-hydroxylation sites is 1. The van der Waals surface area contributed by atoms with Crippen LogP contribution in [0.15, 0.2) is 84.4 Å². The molecule has 4 amide bonds. The molecule has 0 aromatic heterocycles. The quantitative estimate of drug-likeness (QED) is 0.347. The minimum absolute atomic E-state index is 0.0568. The van der Waals surface area contributed by atoms with Crippen molar-refractivity contribution < 1.29 is 24.3 Å². The van der Waals surface area contributed by atoms with Gasteiger partial charge in [0, 0.05) is 18.5 Å². The van der Waals surface area contributed by atoms with Gasteiger partial charge in [0.25, 0.3) is 11.8 Å². The first-order chi connectivity index (χ1) is 20.7. The van der Waals surface area contributed by atoms with E-state index in [-0.39, 0.29) is 24.0 Å². The Labute approximate surface area is 250 Å². The number of aryl methyl sites for hydroxylation is 2. The van der Waals surface area contributed by atoms with Crippen LogP contribution in [0.2, 0.25) is 0 Å². The third kappa shape index (κ3) is 3.68. The van der Waals surface area contributed by atoms with Crippen LogP contribution in [0.4, 0.5) is 5.69 Å². The Balaban J connectivity index is 1.48. The van der Waals surface area contributed by atoms with Crippen molar-refractivity contribution in [1.82, 2.24) is 9.91 Å². The van der Waals surface area contributed by atoms with Crippen molar-refractivity contribution in [3.05, 3.63) is 107 Å². The van der Waals surface area contributed by atoms with E-state index in [1.54, 1.807) is 13.0 Å². The van der Waals surface area contributed by atoms with E-state index in [4.69, 9.17) is 0 Å². The molecule has 2 N–H and O–H groups in total. The fraction of sp³-hybridized carbons (Fsp3) is 0.314. The first kappa shape index (κ1) is 27.1. The van der Waals surface area contributed by atoms with E-state index in [0.29, 0.717) is 28.8 Å². The molecule has 3 aromatic carbocycles. The minimum atomic E-state index is -1.39. The number of imide groups is 2. The first-order valence-electron chi connectivity index (χ1n) is 14.7. The van der Waals surface area contributed by atoms with Gasteiger partial charge in [-0.1, -0.05) is 77.9 Å². The number of fused-ring (bicyclic) bond motifs is 4. The van der Waals surface area contributed by atoms with Gasteiger partial charge in [-0.25, -0.2) is 0 Å². The number of amides is 4. The summed E-state index contributed by atoms with van der Waals surface area (Å²) in [6.45, 7) is 3.77. The number of nitrogens with zero attached hydrogens (tertiary/aromatic N) is 2. The van der Waals surface area contributed by atoms with Crippen LogP contribution in [-0.2, 0) is 24.6 Å². The zero-order valence-corrected chi connectivity index (χ0v) is 24.3. The third-order valence-corrected chi connectivity index (χ3v) is 10.2. The molecular formula is C35H33N3O5. The molecule has 8 nitrogen and oxygen atoms in total. The third-order valence-electron chi connectivity index (χ3n) is 10.2. The van der Waals surface area contributed by atoms with Gasteiger partial charge >= 0.3 is 0 Å². The summed E-state index contributed by atoms with van der Waals surface area (Å²) in [5, 5.41) is 12.7. The largest absolute Gasteiger partial charge is 0.507 e. The predicted molar refractivity (Wildman–Crippen MR) is 159 cm³/mol. The molecule has 7 rings (SSSR count). The Hall–Kier alpha value is -4.72. The highest BCUT2D eigenvalue weighted by molar-refractivity contribution is 6.13. The lowest BCUT2D eigenvalue weighted by Crippen LogP contribution is -2.53. The van der Waals surface area contributed by atoms with E-state index >= 15 is 0 Å². The van der Waals surface area contributed by atoms with Crippen LogP contribution < -0.4 is 5.43 Å². The Morgan fingerprint density at radius 1 is 0.837 bits per heavy atom. The van der Waals surface area contributed by atoms with Crippen molar-refractivity contribution in [2.24, 2.45) is 23.7 Å². The van der Waals surface area contributed by atoms with Crippen LogP contribution in [0.25, 0.3) is 0 Å². The standard InChI is InChI=1S/C35H33N3O5/c1-19-12-14-22(15-13-19)36-38-32(41)27-18-26-23(16-17-24-28(26)33(42)37(3)31(24)40)29(25-11-7-8-20(2)30(25)39)35(27,34(38)43)21-9-5-4-6-10-21/h4-16,24,26-29,36,39H,17-18H2,1-3H3/t24-,26+,27-,28-,29+,35+/m0/s1. The monoisotopic (exact) mass is 575 g/mol. The smallest absolute Gasteiger partial charge is 0.260 e. The number of benzene rings is 3. The molecule has 2 heterocycles. The van der Waals surface area contributed by atoms with Gasteiger partial charge in [-0.2, -0.15) is 5.01 Å².